The number of carbonyl (C=O) groups excluding carboxylic acids is 3. The second-order valence-corrected chi connectivity index (χ2v) is 6.13. The first-order valence-corrected chi connectivity index (χ1v) is 8.13. The number of nitrogens with two attached hydrogens (primary N) is 1. The molecule has 0 aliphatic rings. The number of hydrogen-bond donors (Lipinski definition) is 2. The fourth-order valence-corrected chi connectivity index (χ4v) is 2.63. The van der Waals surface area contributed by atoms with Crippen LogP contribution in [0.2, 0.25) is 5.02 Å². The summed E-state index contributed by atoms with van der Waals surface area (Å²) in [6.07, 6.45) is -5.29. The summed E-state index contributed by atoms with van der Waals surface area (Å²) in [5.74, 6) is -5.79. The number of carbonyl (C=O) groups is 3. The van der Waals surface area contributed by atoms with Crippen molar-refractivity contribution in [2.24, 2.45) is 5.73 Å². The molecular formula is C18H13ClF4N2O3. The molecule has 2 amide bonds. The van der Waals surface area contributed by atoms with Gasteiger partial charge < -0.3 is 11.1 Å². The third-order valence-electron chi connectivity index (χ3n) is 3.77. The molecule has 0 saturated carbocycles. The summed E-state index contributed by atoms with van der Waals surface area (Å²) in [6, 6.07) is 7.54. The van der Waals surface area contributed by atoms with E-state index in [0.717, 1.165) is 0 Å². The van der Waals surface area contributed by atoms with Gasteiger partial charge in [0.15, 0.2) is 5.82 Å². The molecule has 148 valence electrons. The second kappa shape index (κ2) is 8.39. The van der Waals surface area contributed by atoms with Crippen LogP contribution < -0.4 is 11.1 Å². The minimum absolute atomic E-state index is 0.238. The van der Waals surface area contributed by atoms with Gasteiger partial charge in [-0.05, 0) is 17.7 Å². The van der Waals surface area contributed by atoms with Crippen LogP contribution in [0, 0.1) is 5.82 Å². The number of halogens is 5. The van der Waals surface area contributed by atoms with E-state index >= 15 is 0 Å². The number of alkyl halides is 3. The lowest BCUT2D eigenvalue weighted by Crippen LogP contribution is -2.47. The molecule has 0 heterocycles. The summed E-state index contributed by atoms with van der Waals surface area (Å²) < 4.78 is 53.7. The lowest BCUT2D eigenvalue weighted by molar-refractivity contribution is -0.138. The first-order valence-electron chi connectivity index (χ1n) is 7.76. The van der Waals surface area contributed by atoms with E-state index in [4.69, 9.17) is 17.3 Å². The van der Waals surface area contributed by atoms with Crippen molar-refractivity contribution >= 4 is 29.2 Å². The van der Waals surface area contributed by atoms with Gasteiger partial charge in [-0.2, -0.15) is 13.2 Å². The van der Waals surface area contributed by atoms with Crippen LogP contribution in [0.25, 0.3) is 0 Å². The van der Waals surface area contributed by atoms with E-state index in [-0.39, 0.29) is 6.42 Å². The summed E-state index contributed by atoms with van der Waals surface area (Å²) in [5, 5.41) is 1.25. The van der Waals surface area contributed by atoms with Crippen LogP contribution in [0.5, 0.6) is 0 Å². The molecule has 0 aromatic heterocycles. The molecule has 0 bridgehead atoms. The molecule has 1 atom stereocenters. The second-order valence-electron chi connectivity index (χ2n) is 5.73. The van der Waals surface area contributed by atoms with E-state index in [2.05, 4.69) is 0 Å². The Morgan fingerprint density at radius 3 is 2.21 bits per heavy atom. The predicted molar refractivity (Wildman–Crippen MR) is 92.0 cm³/mol. The fraction of sp³-hybridized carbons (Fsp3) is 0.167. The number of amides is 2. The van der Waals surface area contributed by atoms with E-state index < -0.39 is 51.8 Å². The summed E-state index contributed by atoms with van der Waals surface area (Å²) in [4.78, 5) is 35.7. The molecule has 2 aromatic carbocycles. The summed E-state index contributed by atoms with van der Waals surface area (Å²) in [6.45, 7) is 0. The van der Waals surface area contributed by atoms with Crippen LogP contribution in [0.15, 0.2) is 42.5 Å². The molecule has 0 unspecified atom stereocenters. The highest BCUT2D eigenvalue weighted by atomic mass is 35.5. The van der Waals surface area contributed by atoms with Crippen molar-refractivity contribution in [3.63, 3.8) is 0 Å². The Morgan fingerprint density at radius 2 is 1.68 bits per heavy atom. The van der Waals surface area contributed by atoms with Gasteiger partial charge in [-0.3, -0.25) is 14.4 Å². The monoisotopic (exact) mass is 416 g/mol. The average Bonchev–Trinajstić information content (AvgIpc) is 2.62. The normalized spacial score (nSPS) is 12.3. The van der Waals surface area contributed by atoms with E-state index in [1.165, 1.54) is 0 Å². The number of hydrogen-bond acceptors (Lipinski definition) is 3. The highest BCUT2D eigenvalue weighted by Crippen LogP contribution is 2.35. The molecule has 0 saturated heterocycles. The van der Waals surface area contributed by atoms with E-state index in [1.807, 2.05) is 5.32 Å². The summed E-state index contributed by atoms with van der Waals surface area (Å²) >= 11 is 5.50. The molecule has 3 N–H and O–H groups in total. The number of nitrogens with one attached hydrogen (secondary N) is 1. The van der Waals surface area contributed by atoms with Crippen molar-refractivity contribution < 1.29 is 31.9 Å². The SMILES string of the molecule is NC(=O)C(=O)[C@H](Cc1ccccc1)NC(=O)c1c(C(F)(F)F)ccc(Cl)c1F. The van der Waals surface area contributed by atoms with Gasteiger partial charge in [0.05, 0.1) is 16.1 Å². The van der Waals surface area contributed by atoms with Crippen LogP contribution in [0.1, 0.15) is 21.5 Å². The molecule has 0 spiro atoms. The van der Waals surface area contributed by atoms with Crippen LogP contribution in [0.3, 0.4) is 0 Å². The average molecular weight is 417 g/mol. The Labute approximate surface area is 161 Å². The van der Waals surface area contributed by atoms with Gasteiger partial charge in [-0.1, -0.05) is 41.9 Å². The Balaban J connectivity index is 2.42. The highest BCUT2D eigenvalue weighted by molar-refractivity contribution is 6.38. The number of rotatable bonds is 6. The van der Waals surface area contributed by atoms with E-state index in [0.29, 0.717) is 17.7 Å². The predicted octanol–water partition coefficient (Wildman–Crippen LogP) is 2.89. The van der Waals surface area contributed by atoms with E-state index in [9.17, 15) is 31.9 Å². The van der Waals surface area contributed by atoms with Gasteiger partial charge in [0.1, 0.15) is 6.04 Å². The topological polar surface area (TPSA) is 89.3 Å². The zero-order valence-electron chi connectivity index (χ0n) is 14.0. The van der Waals surface area contributed by atoms with Gasteiger partial charge in [0.25, 0.3) is 11.8 Å². The third-order valence-corrected chi connectivity index (χ3v) is 4.07. The number of primary amides is 1. The summed E-state index contributed by atoms with van der Waals surface area (Å²) in [5.41, 5.74) is 2.48. The maximum absolute atomic E-state index is 14.2. The lowest BCUT2D eigenvalue weighted by Gasteiger charge is -2.19. The Kier molecular flexibility index (Phi) is 6.40. The minimum Gasteiger partial charge on any atom is -0.363 e. The molecule has 2 aromatic rings. The maximum atomic E-state index is 14.2. The fourth-order valence-electron chi connectivity index (χ4n) is 2.47. The quantitative estimate of drug-likeness (QED) is 0.560. The van der Waals surface area contributed by atoms with Gasteiger partial charge in [0.2, 0.25) is 5.78 Å². The molecule has 0 radical (unpaired) electrons. The largest absolute Gasteiger partial charge is 0.417 e. The van der Waals surface area contributed by atoms with Crippen molar-refractivity contribution in [1.82, 2.24) is 5.32 Å². The first kappa shape index (κ1) is 21.4. The molecule has 5 nitrogen and oxygen atoms in total. The van der Waals surface area contributed by atoms with Gasteiger partial charge in [-0.15, -0.1) is 0 Å². The van der Waals surface area contributed by atoms with Crippen molar-refractivity contribution in [1.29, 1.82) is 0 Å². The Bertz CT molecular complexity index is 917. The highest BCUT2D eigenvalue weighted by Gasteiger charge is 2.38. The Morgan fingerprint density at radius 1 is 1.07 bits per heavy atom. The molecule has 2 rings (SSSR count). The van der Waals surface area contributed by atoms with Gasteiger partial charge in [0, 0.05) is 6.42 Å². The maximum Gasteiger partial charge on any atom is 0.417 e. The zero-order chi connectivity index (χ0) is 21.1. The van der Waals surface area contributed by atoms with Crippen molar-refractivity contribution in [2.45, 2.75) is 18.6 Å². The van der Waals surface area contributed by atoms with Crippen LogP contribution in [-0.4, -0.2) is 23.6 Å². The smallest absolute Gasteiger partial charge is 0.363 e. The van der Waals surface area contributed by atoms with Crippen LogP contribution in [0.4, 0.5) is 17.6 Å². The third kappa shape index (κ3) is 4.86. The number of ketones is 1. The standard InChI is InChI=1S/C18H13ClF4N2O3/c19-11-7-6-10(18(21,22)23)13(14(11)20)17(28)25-12(15(26)16(24)27)8-9-4-2-1-3-5-9/h1-7,12H,8H2,(H2,24,27)(H,25,28)/t12-/m0/s1. The van der Waals surface area contributed by atoms with E-state index in [1.54, 1.807) is 30.3 Å². The van der Waals surface area contributed by atoms with Crippen molar-refractivity contribution in [2.75, 3.05) is 0 Å². The number of Topliss-reactive ketones (excluding diaryl/α,β-unsaturated/α-hetero) is 1. The molecular weight excluding hydrogens is 404 g/mol. The lowest BCUT2D eigenvalue weighted by atomic mass is 10.00. The minimum atomic E-state index is -5.05. The van der Waals surface area contributed by atoms with Crippen LogP contribution in [-0.2, 0) is 22.2 Å². The zero-order valence-corrected chi connectivity index (χ0v) is 14.8. The number of benzene rings is 2. The molecule has 0 fully saturated rings. The van der Waals surface area contributed by atoms with Crippen LogP contribution >= 0.6 is 11.6 Å². The molecule has 0 aliphatic carbocycles. The molecule has 28 heavy (non-hydrogen) atoms. The van der Waals surface area contributed by atoms with Gasteiger partial charge >= 0.3 is 6.18 Å². The molecule has 0 aliphatic heterocycles. The van der Waals surface area contributed by atoms with Crippen molar-refractivity contribution in [3.8, 4) is 0 Å². The van der Waals surface area contributed by atoms with Crippen molar-refractivity contribution in [3.05, 3.63) is 70.0 Å². The molecule has 10 heteroatoms. The first-order chi connectivity index (χ1) is 13.0. The van der Waals surface area contributed by atoms with Gasteiger partial charge in [-0.25, -0.2) is 4.39 Å². The summed E-state index contributed by atoms with van der Waals surface area (Å²) in [7, 11) is 0. The Hall–Kier alpha value is -2.94.